The molecule has 0 spiro atoms. The number of nitrogens with two attached hydrogens (primary N) is 1. The van der Waals surface area contributed by atoms with Crippen LogP contribution in [0.5, 0.6) is 0 Å². The number of hydrogen-bond acceptors (Lipinski definition) is 5. The fourth-order valence-corrected chi connectivity index (χ4v) is 2.92. The standard InChI is InChI=1S/C19H21N5O3/c1-23-16-15(17(25)22-19(23)27)11-14(12-21-16)18(26)24(10-8-20)9-7-13-5-3-2-4-6-13/h2-6,11-12H,7-10,20H2,1H3,(H,22,25,27). The van der Waals surface area contributed by atoms with Gasteiger partial charge in [0.25, 0.3) is 11.5 Å². The molecule has 0 unspecified atom stereocenters. The van der Waals surface area contributed by atoms with Crippen LogP contribution >= 0.6 is 0 Å². The number of hydrogen-bond donors (Lipinski definition) is 2. The summed E-state index contributed by atoms with van der Waals surface area (Å²) in [4.78, 5) is 44.7. The van der Waals surface area contributed by atoms with E-state index in [1.807, 2.05) is 30.3 Å². The van der Waals surface area contributed by atoms with E-state index >= 15 is 0 Å². The molecule has 0 saturated heterocycles. The molecule has 0 radical (unpaired) electrons. The molecule has 0 bridgehead atoms. The Kier molecular flexibility index (Phi) is 5.46. The predicted molar refractivity (Wildman–Crippen MR) is 103 cm³/mol. The molecule has 140 valence electrons. The number of fused-ring (bicyclic) bond motifs is 1. The molecule has 0 atom stereocenters. The fourth-order valence-electron chi connectivity index (χ4n) is 2.92. The Bertz CT molecular complexity index is 1070. The number of H-pyrrole nitrogens is 1. The zero-order valence-electron chi connectivity index (χ0n) is 15.0. The molecule has 8 nitrogen and oxygen atoms in total. The van der Waals surface area contributed by atoms with Gasteiger partial charge in [0.1, 0.15) is 5.65 Å². The van der Waals surface area contributed by atoms with Crippen LogP contribution in [0.1, 0.15) is 15.9 Å². The zero-order valence-corrected chi connectivity index (χ0v) is 15.0. The van der Waals surface area contributed by atoms with Crippen molar-refractivity contribution >= 4 is 16.9 Å². The molecule has 3 N–H and O–H groups in total. The van der Waals surface area contributed by atoms with Gasteiger partial charge in [0, 0.05) is 32.9 Å². The third kappa shape index (κ3) is 3.95. The molecule has 0 fully saturated rings. The second-order valence-corrected chi connectivity index (χ2v) is 6.23. The van der Waals surface area contributed by atoms with Crippen molar-refractivity contribution in [1.82, 2.24) is 19.4 Å². The van der Waals surface area contributed by atoms with E-state index in [2.05, 4.69) is 9.97 Å². The Hall–Kier alpha value is -3.26. The number of aryl methyl sites for hydroxylation is 1. The van der Waals surface area contributed by atoms with Crippen LogP contribution < -0.4 is 17.0 Å². The molecule has 1 amide bonds. The molecule has 3 rings (SSSR count). The van der Waals surface area contributed by atoms with E-state index in [9.17, 15) is 14.4 Å². The van der Waals surface area contributed by atoms with Crippen LogP contribution in [0.4, 0.5) is 0 Å². The summed E-state index contributed by atoms with van der Waals surface area (Å²) in [5, 5.41) is 0.193. The van der Waals surface area contributed by atoms with Gasteiger partial charge in [-0.1, -0.05) is 30.3 Å². The largest absolute Gasteiger partial charge is 0.337 e. The summed E-state index contributed by atoms with van der Waals surface area (Å²) in [5.74, 6) is -0.251. The van der Waals surface area contributed by atoms with Gasteiger partial charge in [-0.15, -0.1) is 0 Å². The van der Waals surface area contributed by atoms with Crippen LogP contribution in [-0.2, 0) is 13.5 Å². The van der Waals surface area contributed by atoms with E-state index in [0.29, 0.717) is 26.1 Å². The lowest BCUT2D eigenvalue weighted by molar-refractivity contribution is 0.0762. The van der Waals surface area contributed by atoms with E-state index in [4.69, 9.17) is 5.73 Å². The van der Waals surface area contributed by atoms with Crippen LogP contribution in [0, 0.1) is 0 Å². The highest BCUT2D eigenvalue weighted by Crippen LogP contribution is 2.11. The van der Waals surface area contributed by atoms with Crippen molar-refractivity contribution in [2.24, 2.45) is 12.8 Å². The van der Waals surface area contributed by atoms with Gasteiger partial charge in [-0.2, -0.15) is 0 Å². The molecule has 0 aliphatic carbocycles. The number of rotatable bonds is 6. The maximum absolute atomic E-state index is 12.9. The first kappa shape index (κ1) is 18.5. The Morgan fingerprint density at radius 2 is 1.96 bits per heavy atom. The predicted octanol–water partition coefficient (Wildman–Crippen LogP) is 0.265. The summed E-state index contributed by atoms with van der Waals surface area (Å²) < 4.78 is 1.23. The molecular formula is C19H21N5O3. The molecule has 2 heterocycles. The summed E-state index contributed by atoms with van der Waals surface area (Å²) in [5.41, 5.74) is 6.19. The molecule has 1 aromatic carbocycles. The smallest absolute Gasteiger partial charge is 0.329 e. The SMILES string of the molecule is Cn1c(=O)[nH]c(=O)c2cc(C(=O)N(CCN)CCc3ccccc3)cnc21. The molecule has 0 saturated carbocycles. The van der Waals surface area contributed by atoms with Crippen LogP contribution in [0.15, 0.2) is 52.2 Å². The van der Waals surface area contributed by atoms with Gasteiger partial charge in [-0.05, 0) is 18.1 Å². The van der Waals surface area contributed by atoms with Gasteiger partial charge in [0.05, 0.1) is 10.9 Å². The van der Waals surface area contributed by atoms with Crippen molar-refractivity contribution in [1.29, 1.82) is 0 Å². The van der Waals surface area contributed by atoms with E-state index in [-0.39, 0.29) is 22.5 Å². The molecule has 0 aliphatic rings. The Labute approximate surface area is 155 Å². The summed E-state index contributed by atoms with van der Waals surface area (Å²) in [6.07, 6.45) is 2.08. The molecular weight excluding hydrogens is 346 g/mol. The van der Waals surface area contributed by atoms with Crippen molar-refractivity contribution in [3.8, 4) is 0 Å². The Morgan fingerprint density at radius 1 is 1.22 bits per heavy atom. The lowest BCUT2D eigenvalue weighted by atomic mass is 10.1. The van der Waals surface area contributed by atoms with Crippen LogP contribution in [-0.4, -0.2) is 45.0 Å². The first-order valence-corrected chi connectivity index (χ1v) is 8.63. The Morgan fingerprint density at radius 3 is 2.67 bits per heavy atom. The second-order valence-electron chi connectivity index (χ2n) is 6.23. The highest BCUT2D eigenvalue weighted by Gasteiger charge is 2.17. The van der Waals surface area contributed by atoms with Gasteiger partial charge in [-0.3, -0.25) is 19.1 Å². The number of nitrogens with zero attached hydrogens (tertiary/aromatic N) is 3. The first-order chi connectivity index (χ1) is 13.0. The topological polar surface area (TPSA) is 114 Å². The van der Waals surface area contributed by atoms with Gasteiger partial charge in [0.2, 0.25) is 0 Å². The minimum Gasteiger partial charge on any atom is -0.337 e. The van der Waals surface area contributed by atoms with E-state index in [1.54, 1.807) is 4.90 Å². The number of carbonyl (C=O) groups excluding carboxylic acids is 1. The number of carbonyl (C=O) groups is 1. The molecule has 3 aromatic rings. The summed E-state index contributed by atoms with van der Waals surface area (Å²) in [7, 11) is 1.51. The van der Waals surface area contributed by atoms with Crippen LogP contribution in [0.3, 0.4) is 0 Å². The van der Waals surface area contributed by atoms with Crippen molar-refractivity contribution in [2.75, 3.05) is 19.6 Å². The second kappa shape index (κ2) is 7.96. The average molecular weight is 367 g/mol. The molecule has 27 heavy (non-hydrogen) atoms. The van der Waals surface area contributed by atoms with Crippen molar-refractivity contribution in [2.45, 2.75) is 6.42 Å². The fraction of sp³-hybridized carbons (Fsp3) is 0.263. The van der Waals surface area contributed by atoms with E-state index < -0.39 is 11.2 Å². The van der Waals surface area contributed by atoms with Crippen LogP contribution in [0.25, 0.3) is 11.0 Å². The summed E-state index contributed by atoms with van der Waals surface area (Å²) in [6.45, 7) is 1.23. The molecule has 2 aromatic heterocycles. The number of nitrogens with one attached hydrogen (secondary N) is 1. The van der Waals surface area contributed by atoms with Crippen molar-refractivity contribution < 1.29 is 4.79 Å². The Balaban J connectivity index is 1.89. The van der Waals surface area contributed by atoms with Crippen molar-refractivity contribution in [3.63, 3.8) is 0 Å². The van der Waals surface area contributed by atoms with E-state index in [1.165, 1.54) is 23.9 Å². The summed E-state index contributed by atoms with van der Waals surface area (Å²) >= 11 is 0. The summed E-state index contributed by atoms with van der Waals surface area (Å²) in [6, 6.07) is 11.3. The quantitative estimate of drug-likeness (QED) is 0.649. The lowest BCUT2D eigenvalue weighted by Gasteiger charge is -2.22. The van der Waals surface area contributed by atoms with E-state index in [0.717, 1.165) is 5.56 Å². The monoisotopic (exact) mass is 367 g/mol. The zero-order chi connectivity index (χ0) is 19.4. The lowest BCUT2D eigenvalue weighted by Crippen LogP contribution is -2.37. The normalized spacial score (nSPS) is 10.9. The van der Waals surface area contributed by atoms with Gasteiger partial charge < -0.3 is 10.6 Å². The minimum absolute atomic E-state index is 0.193. The number of aromatic amines is 1. The first-order valence-electron chi connectivity index (χ1n) is 8.63. The minimum atomic E-state index is -0.565. The molecule has 0 aliphatic heterocycles. The van der Waals surface area contributed by atoms with Crippen LogP contribution in [0.2, 0.25) is 0 Å². The number of aromatic nitrogens is 3. The van der Waals surface area contributed by atoms with Gasteiger partial charge in [0.15, 0.2) is 0 Å². The van der Waals surface area contributed by atoms with Gasteiger partial charge in [-0.25, -0.2) is 9.78 Å². The highest BCUT2D eigenvalue weighted by molar-refractivity contribution is 5.96. The van der Waals surface area contributed by atoms with Gasteiger partial charge >= 0.3 is 5.69 Å². The number of pyridine rings is 1. The number of amides is 1. The third-order valence-electron chi connectivity index (χ3n) is 4.40. The maximum atomic E-state index is 12.9. The highest BCUT2D eigenvalue weighted by atomic mass is 16.2. The maximum Gasteiger partial charge on any atom is 0.329 e. The van der Waals surface area contributed by atoms with Crippen molar-refractivity contribution in [3.05, 3.63) is 74.6 Å². The number of benzene rings is 1. The average Bonchev–Trinajstić information content (AvgIpc) is 2.69. The third-order valence-corrected chi connectivity index (χ3v) is 4.40. The molecule has 8 heteroatoms.